The Balaban J connectivity index is 1.33. The van der Waals surface area contributed by atoms with Crippen molar-refractivity contribution in [2.45, 2.75) is 71.8 Å². The van der Waals surface area contributed by atoms with E-state index in [-0.39, 0.29) is 5.41 Å². The lowest BCUT2D eigenvalue weighted by Gasteiger charge is -2.43. The van der Waals surface area contributed by atoms with Gasteiger partial charge in [-0.1, -0.05) is 19.3 Å². The number of likely N-dealkylation sites (tertiary alicyclic amines) is 1. The summed E-state index contributed by atoms with van der Waals surface area (Å²) in [6.45, 7) is 17.4. The van der Waals surface area contributed by atoms with E-state index in [1.54, 1.807) is 0 Å². The summed E-state index contributed by atoms with van der Waals surface area (Å²) in [6.07, 6.45) is 8.98. The maximum absolute atomic E-state index is 12.4. The number of piperazine rings is 1. The molecule has 1 aliphatic carbocycles. The smallest absolute Gasteiger partial charge is 0.137 e. The van der Waals surface area contributed by atoms with Crippen LogP contribution in [0.15, 0.2) is 0 Å². The Morgan fingerprint density at radius 3 is 2.14 bits per heavy atom. The molecule has 0 aromatic carbocycles. The van der Waals surface area contributed by atoms with E-state index in [2.05, 4.69) is 28.5 Å². The van der Waals surface area contributed by atoms with Gasteiger partial charge < -0.3 is 14.5 Å². The fraction of sp³-hybridized carbons (Fsp3) is 0.958. The van der Waals surface area contributed by atoms with E-state index in [4.69, 9.17) is 4.74 Å². The van der Waals surface area contributed by atoms with E-state index in [0.717, 1.165) is 38.5 Å². The summed E-state index contributed by atoms with van der Waals surface area (Å²) >= 11 is 0. The van der Waals surface area contributed by atoms with Gasteiger partial charge in [-0.3, -0.25) is 9.69 Å². The molecule has 0 radical (unpaired) electrons. The van der Waals surface area contributed by atoms with Crippen LogP contribution in [0.1, 0.15) is 65.7 Å². The van der Waals surface area contributed by atoms with Crippen LogP contribution in [0, 0.1) is 11.3 Å². The second-order valence-corrected chi connectivity index (χ2v) is 10.2. The largest absolute Gasteiger partial charge is 0.377 e. The summed E-state index contributed by atoms with van der Waals surface area (Å²) in [7, 11) is 0. The van der Waals surface area contributed by atoms with Crippen molar-refractivity contribution in [3.8, 4) is 0 Å². The maximum atomic E-state index is 12.4. The predicted octanol–water partition coefficient (Wildman–Crippen LogP) is 3.28. The van der Waals surface area contributed by atoms with E-state index in [0.29, 0.717) is 11.9 Å². The maximum Gasteiger partial charge on any atom is 0.137 e. The molecular weight excluding hydrogens is 362 g/mol. The third kappa shape index (κ3) is 7.02. The number of hydrogen-bond donors (Lipinski definition) is 0. The molecule has 0 amide bonds. The monoisotopic (exact) mass is 407 g/mol. The number of piperidine rings is 1. The Bertz CT molecular complexity index is 488. The van der Waals surface area contributed by atoms with Crippen LogP contribution in [0.2, 0.25) is 0 Å². The zero-order valence-electron chi connectivity index (χ0n) is 19.3. The Morgan fingerprint density at radius 2 is 1.55 bits per heavy atom. The molecule has 0 aromatic rings. The number of carbonyl (C=O) groups excluding carboxylic acids is 1. The highest BCUT2D eigenvalue weighted by molar-refractivity contribution is 5.82. The van der Waals surface area contributed by atoms with Gasteiger partial charge in [0.25, 0.3) is 0 Å². The minimum absolute atomic E-state index is 0.0271. The van der Waals surface area contributed by atoms with E-state index >= 15 is 0 Å². The molecule has 0 spiro atoms. The van der Waals surface area contributed by atoms with Gasteiger partial charge in [-0.25, -0.2) is 0 Å². The van der Waals surface area contributed by atoms with Crippen molar-refractivity contribution >= 4 is 5.78 Å². The first-order chi connectivity index (χ1) is 14.0. The third-order valence-electron chi connectivity index (χ3n) is 7.63. The van der Waals surface area contributed by atoms with Crippen molar-refractivity contribution in [2.24, 2.45) is 11.3 Å². The predicted molar refractivity (Wildman–Crippen MR) is 119 cm³/mol. The Labute approximate surface area is 179 Å². The minimum Gasteiger partial charge on any atom is -0.377 e. The first kappa shape index (κ1) is 23.2. The Morgan fingerprint density at radius 1 is 0.931 bits per heavy atom. The van der Waals surface area contributed by atoms with Crippen molar-refractivity contribution in [2.75, 3.05) is 65.5 Å². The molecule has 29 heavy (non-hydrogen) atoms. The lowest BCUT2D eigenvalue weighted by atomic mass is 9.71. The number of nitrogens with zero attached hydrogens (tertiary/aromatic N) is 3. The summed E-state index contributed by atoms with van der Waals surface area (Å²) < 4.78 is 5.70. The Hall–Kier alpha value is -0.490. The van der Waals surface area contributed by atoms with E-state index in [1.165, 1.54) is 77.9 Å². The molecule has 3 fully saturated rings. The second kappa shape index (κ2) is 11.2. The van der Waals surface area contributed by atoms with Crippen LogP contribution in [-0.4, -0.2) is 92.1 Å². The Kier molecular flexibility index (Phi) is 8.97. The number of ketones is 1. The number of hydrogen-bond acceptors (Lipinski definition) is 5. The molecule has 5 heteroatoms. The molecule has 5 nitrogen and oxygen atoms in total. The molecular formula is C24H45N3O2. The van der Waals surface area contributed by atoms with Crippen molar-refractivity contribution in [3.05, 3.63) is 0 Å². The zero-order chi connectivity index (χ0) is 20.7. The SMILES string of the molecule is CC(=O)C1(CN2CCC(CN3CCN(CCOC(C)C)CC3)CC2)CCCCC1. The summed E-state index contributed by atoms with van der Waals surface area (Å²) in [5.41, 5.74) is -0.0271. The van der Waals surface area contributed by atoms with Crippen LogP contribution in [0.5, 0.6) is 0 Å². The van der Waals surface area contributed by atoms with Gasteiger partial charge in [-0.2, -0.15) is 0 Å². The van der Waals surface area contributed by atoms with E-state index < -0.39 is 0 Å². The molecule has 2 heterocycles. The van der Waals surface area contributed by atoms with Crippen LogP contribution in [0.4, 0.5) is 0 Å². The fourth-order valence-corrected chi connectivity index (χ4v) is 5.58. The molecule has 0 bridgehead atoms. The van der Waals surface area contributed by atoms with Crippen molar-refractivity contribution in [1.82, 2.24) is 14.7 Å². The first-order valence-electron chi connectivity index (χ1n) is 12.3. The summed E-state index contributed by atoms with van der Waals surface area (Å²) in [6, 6.07) is 0. The standard InChI is InChI=1S/C24H45N3O2/c1-21(2)29-18-17-25-13-15-26(16-14-25)19-23-7-11-27(12-8-23)20-24(22(3)28)9-5-4-6-10-24/h21,23H,4-20H2,1-3H3. The molecule has 3 aliphatic rings. The van der Waals surface area contributed by atoms with Crippen LogP contribution >= 0.6 is 0 Å². The first-order valence-corrected chi connectivity index (χ1v) is 12.3. The molecule has 2 saturated heterocycles. The number of rotatable bonds is 9. The highest BCUT2D eigenvalue weighted by Gasteiger charge is 2.39. The molecule has 0 aromatic heterocycles. The van der Waals surface area contributed by atoms with Gasteiger partial charge in [-0.05, 0) is 65.5 Å². The molecule has 2 aliphatic heterocycles. The highest BCUT2D eigenvalue weighted by Crippen LogP contribution is 2.38. The number of ether oxygens (including phenoxy) is 1. The third-order valence-corrected chi connectivity index (χ3v) is 7.63. The van der Waals surface area contributed by atoms with Crippen LogP contribution in [0.3, 0.4) is 0 Å². The average molecular weight is 408 g/mol. The zero-order valence-corrected chi connectivity index (χ0v) is 19.3. The molecule has 0 N–H and O–H groups in total. The summed E-state index contributed by atoms with van der Waals surface area (Å²) in [5.74, 6) is 1.28. The molecule has 1 saturated carbocycles. The molecule has 3 rings (SSSR count). The lowest BCUT2D eigenvalue weighted by molar-refractivity contribution is -0.130. The lowest BCUT2D eigenvalue weighted by Crippen LogP contribution is -2.50. The van der Waals surface area contributed by atoms with Crippen molar-refractivity contribution < 1.29 is 9.53 Å². The van der Waals surface area contributed by atoms with Gasteiger partial charge in [0.05, 0.1) is 12.7 Å². The number of Topliss-reactive ketones (excluding diaryl/α,β-unsaturated/α-hetero) is 1. The van der Waals surface area contributed by atoms with Crippen molar-refractivity contribution in [1.29, 1.82) is 0 Å². The number of carbonyl (C=O) groups is 1. The van der Waals surface area contributed by atoms with Crippen LogP contribution < -0.4 is 0 Å². The quantitative estimate of drug-likeness (QED) is 0.586. The van der Waals surface area contributed by atoms with Crippen LogP contribution in [0.25, 0.3) is 0 Å². The van der Waals surface area contributed by atoms with Gasteiger partial charge in [0.2, 0.25) is 0 Å². The van der Waals surface area contributed by atoms with Gasteiger partial charge in [0.1, 0.15) is 5.78 Å². The van der Waals surface area contributed by atoms with E-state index in [9.17, 15) is 4.79 Å². The van der Waals surface area contributed by atoms with Crippen LogP contribution in [-0.2, 0) is 9.53 Å². The fourth-order valence-electron chi connectivity index (χ4n) is 5.58. The van der Waals surface area contributed by atoms with E-state index in [1.807, 2.05) is 6.92 Å². The molecule has 0 unspecified atom stereocenters. The minimum atomic E-state index is -0.0271. The van der Waals surface area contributed by atoms with Crippen molar-refractivity contribution in [3.63, 3.8) is 0 Å². The van der Waals surface area contributed by atoms with Gasteiger partial charge in [-0.15, -0.1) is 0 Å². The normalized spacial score (nSPS) is 25.5. The summed E-state index contributed by atoms with van der Waals surface area (Å²) in [5, 5.41) is 0. The summed E-state index contributed by atoms with van der Waals surface area (Å²) in [4.78, 5) is 20.2. The van der Waals surface area contributed by atoms with Gasteiger partial charge in [0.15, 0.2) is 0 Å². The van der Waals surface area contributed by atoms with Gasteiger partial charge in [0, 0.05) is 51.2 Å². The molecule has 168 valence electrons. The van der Waals surface area contributed by atoms with Gasteiger partial charge >= 0.3 is 0 Å². The highest BCUT2D eigenvalue weighted by atomic mass is 16.5. The topological polar surface area (TPSA) is 36.0 Å². The average Bonchev–Trinajstić information content (AvgIpc) is 2.71. The second-order valence-electron chi connectivity index (χ2n) is 10.2. The molecule has 0 atom stereocenters.